The number of piperazine rings is 1. The van der Waals surface area contributed by atoms with Gasteiger partial charge in [-0.3, -0.25) is 4.79 Å². The van der Waals surface area contributed by atoms with Crippen LogP contribution in [0, 0.1) is 5.82 Å². The van der Waals surface area contributed by atoms with Gasteiger partial charge in [-0.2, -0.15) is 4.98 Å². The van der Waals surface area contributed by atoms with Crippen molar-refractivity contribution in [1.82, 2.24) is 19.6 Å². The van der Waals surface area contributed by atoms with Crippen molar-refractivity contribution in [2.75, 3.05) is 38.2 Å². The smallest absolute Gasteiger partial charge is 0.274 e. The van der Waals surface area contributed by atoms with Crippen LogP contribution < -0.4 is 9.64 Å². The predicted octanol–water partition coefficient (Wildman–Crippen LogP) is 3.70. The maximum absolute atomic E-state index is 14.1. The summed E-state index contributed by atoms with van der Waals surface area (Å²) in [6.07, 6.45) is 1.81. The van der Waals surface area contributed by atoms with Crippen molar-refractivity contribution in [3.8, 4) is 28.7 Å². The Labute approximate surface area is 196 Å². The molecule has 8 nitrogen and oxygen atoms in total. The van der Waals surface area contributed by atoms with Crippen molar-refractivity contribution in [3.63, 3.8) is 0 Å². The fourth-order valence-electron chi connectivity index (χ4n) is 4.09. The fraction of sp³-hybridized carbons (Fsp3) is 0.240. The number of amides is 1. The van der Waals surface area contributed by atoms with Crippen molar-refractivity contribution in [2.45, 2.75) is 6.54 Å². The highest BCUT2D eigenvalue weighted by atomic mass is 19.1. The molecule has 34 heavy (non-hydrogen) atoms. The number of aromatic nitrogens is 3. The standard InChI is InChI=1S/C25H24FN5O3/c1-33-22-10-9-18(16-20(22)26)24-27-25(34-28-24)21-8-5-11-31(21)17-23(32)30-14-12-29(13-15-30)19-6-3-2-4-7-19/h2-11,16H,12-15,17H2,1H3. The van der Waals surface area contributed by atoms with Crippen LogP contribution in [0.25, 0.3) is 23.0 Å². The molecule has 1 amide bonds. The molecule has 5 rings (SSSR count). The predicted molar refractivity (Wildman–Crippen MR) is 125 cm³/mol. The number of carbonyl (C=O) groups is 1. The highest BCUT2D eigenvalue weighted by Crippen LogP contribution is 2.26. The summed E-state index contributed by atoms with van der Waals surface area (Å²) in [7, 11) is 1.41. The largest absolute Gasteiger partial charge is 0.494 e. The molecule has 0 bridgehead atoms. The normalized spacial score (nSPS) is 13.8. The van der Waals surface area contributed by atoms with Gasteiger partial charge < -0.3 is 23.6 Å². The van der Waals surface area contributed by atoms with Crippen LogP contribution in [0.5, 0.6) is 5.75 Å². The zero-order chi connectivity index (χ0) is 23.5. The number of rotatable bonds is 6. The highest BCUT2D eigenvalue weighted by molar-refractivity contribution is 5.77. The average Bonchev–Trinajstić information content (AvgIpc) is 3.54. The van der Waals surface area contributed by atoms with Crippen molar-refractivity contribution in [3.05, 3.63) is 72.7 Å². The minimum atomic E-state index is -0.507. The molecule has 174 valence electrons. The summed E-state index contributed by atoms with van der Waals surface area (Å²) in [6, 6.07) is 18.3. The molecule has 4 aromatic rings. The van der Waals surface area contributed by atoms with E-state index >= 15 is 0 Å². The summed E-state index contributed by atoms with van der Waals surface area (Å²) in [5, 5.41) is 3.98. The van der Waals surface area contributed by atoms with Gasteiger partial charge in [0.25, 0.3) is 5.89 Å². The number of halogens is 1. The molecule has 0 aliphatic carbocycles. The first-order valence-electron chi connectivity index (χ1n) is 11.0. The maximum atomic E-state index is 14.1. The molecular formula is C25H24FN5O3. The van der Waals surface area contributed by atoms with E-state index in [1.54, 1.807) is 10.6 Å². The highest BCUT2D eigenvalue weighted by Gasteiger charge is 2.23. The van der Waals surface area contributed by atoms with Crippen LogP contribution in [0.2, 0.25) is 0 Å². The molecule has 9 heteroatoms. The number of hydrogen-bond acceptors (Lipinski definition) is 6. The van der Waals surface area contributed by atoms with Crippen molar-refractivity contribution < 1.29 is 18.4 Å². The van der Waals surface area contributed by atoms with Crippen LogP contribution in [0.1, 0.15) is 0 Å². The third-order valence-corrected chi connectivity index (χ3v) is 5.94. The number of benzene rings is 2. The molecule has 1 aliphatic heterocycles. The zero-order valence-corrected chi connectivity index (χ0v) is 18.7. The Balaban J connectivity index is 1.25. The molecule has 3 heterocycles. The molecule has 0 saturated carbocycles. The van der Waals surface area contributed by atoms with Crippen LogP contribution in [0.15, 0.2) is 71.4 Å². The van der Waals surface area contributed by atoms with Crippen LogP contribution in [-0.2, 0) is 11.3 Å². The third kappa shape index (κ3) is 4.36. The Bertz CT molecular complexity index is 1280. The fourth-order valence-corrected chi connectivity index (χ4v) is 4.09. The van der Waals surface area contributed by atoms with Gasteiger partial charge in [-0.1, -0.05) is 23.4 Å². The molecule has 2 aromatic heterocycles. The number of carbonyl (C=O) groups excluding carboxylic acids is 1. The molecule has 0 radical (unpaired) electrons. The number of para-hydroxylation sites is 1. The van der Waals surface area contributed by atoms with Gasteiger partial charge in [0.05, 0.1) is 7.11 Å². The van der Waals surface area contributed by atoms with E-state index in [2.05, 4.69) is 27.2 Å². The van der Waals surface area contributed by atoms with E-state index in [9.17, 15) is 9.18 Å². The van der Waals surface area contributed by atoms with E-state index in [-0.39, 0.29) is 29.9 Å². The maximum Gasteiger partial charge on any atom is 0.274 e. The Morgan fingerprint density at radius 1 is 1.06 bits per heavy atom. The van der Waals surface area contributed by atoms with E-state index in [4.69, 9.17) is 9.26 Å². The number of nitrogens with zero attached hydrogens (tertiary/aromatic N) is 5. The first kappa shape index (κ1) is 21.7. The molecule has 0 unspecified atom stereocenters. The van der Waals surface area contributed by atoms with Gasteiger partial charge in [-0.25, -0.2) is 4.39 Å². The molecule has 2 aromatic carbocycles. The Morgan fingerprint density at radius 3 is 2.59 bits per heavy atom. The summed E-state index contributed by atoms with van der Waals surface area (Å²) < 4.78 is 26.2. The lowest BCUT2D eigenvalue weighted by molar-refractivity contribution is -0.132. The molecule has 1 saturated heterocycles. The topological polar surface area (TPSA) is 76.6 Å². The number of ether oxygens (including phenoxy) is 1. The summed E-state index contributed by atoms with van der Waals surface area (Å²) in [6.45, 7) is 3.08. The van der Waals surface area contributed by atoms with Crippen LogP contribution >= 0.6 is 0 Å². The van der Waals surface area contributed by atoms with Gasteiger partial charge in [0, 0.05) is 43.6 Å². The SMILES string of the molecule is COc1ccc(-c2noc(-c3cccn3CC(=O)N3CCN(c4ccccc4)CC3)n2)cc1F. The minimum Gasteiger partial charge on any atom is -0.494 e. The average molecular weight is 461 g/mol. The molecule has 0 spiro atoms. The second-order valence-corrected chi connectivity index (χ2v) is 8.00. The first-order valence-corrected chi connectivity index (χ1v) is 11.0. The number of anilines is 1. The molecule has 1 aliphatic rings. The van der Waals surface area contributed by atoms with Gasteiger partial charge in [0.15, 0.2) is 11.6 Å². The summed E-state index contributed by atoms with van der Waals surface area (Å²) in [5.74, 6) is 0.185. The molecule has 1 fully saturated rings. The first-order chi connectivity index (χ1) is 16.6. The lowest BCUT2D eigenvalue weighted by atomic mass is 10.2. The Hall–Kier alpha value is -4.14. The second kappa shape index (κ2) is 9.38. The van der Waals surface area contributed by atoms with Gasteiger partial charge in [-0.15, -0.1) is 0 Å². The Morgan fingerprint density at radius 2 is 1.85 bits per heavy atom. The zero-order valence-electron chi connectivity index (χ0n) is 18.7. The van der Waals surface area contributed by atoms with Gasteiger partial charge in [-0.05, 0) is 42.5 Å². The summed E-state index contributed by atoms with van der Waals surface area (Å²) in [5.41, 5.74) is 2.27. The quantitative estimate of drug-likeness (QED) is 0.436. The van der Waals surface area contributed by atoms with Crippen LogP contribution in [-0.4, -0.2) is 58.8 Å². The summed E-state index contributed by atoms with van der Waals surface area (Å²) >= 11 is 0. The van der Waals surface area contributed by atoms with E-state index in [0.717, 1.165) is 13.1 Å². The number of hydrogen-bond donors (Lipinski definition) is 0. The second-order valence-electron chi connectivity index (χ2n) is 8.00. The van der Waals surface area contributed by atoms with E-state index in [1.807, 2.05) is 41.4 Å². The van der Waals surface area contributed by atoms with Gasteiger partial charge >= 0.3 is 0 Å². The van der Waals surface area contributed by atoms with Crippen LogP contribution in [0.3, 0.4) is 0 Å². The monoisotopic (exact) mass is 461 g/mol. The van der Waals surface area contributed by atoms with Gasteiger partial charge in [0.2, 0.25) is 11.7 Å². The van der Waals surface area contributed by atoms with E-state index < -0.39 is 5.82 Å². The molecule has 0 atom stereocenters. The van der Waals surface area contributed by atoms with E-state index in [1.165, 1.54) is 24.9 Å². The van der Waals surface area contributed by atoms with Gasteiger partial charge in [0.1, 0.15) is 12.2 Å². The summed E-state index contributed by atoms with van der Waals surface area (Å²) in [4.78, 5) is 21.6. The van der Waals surface area contributed by atoms with Crippen molar-refractivity contribution in [1.29, 1.82) is 0 Å². The lowest BCUT2D eigenvalue weighted by Crippen LogP contribution is -2.49. The van der Waals surface area contributed by atoms with Crippen molar-refractivity contribution >= 4 is 11.6 Å². The van der Waals surface area contributed by atoms with Crippen molar-refractivity contribution in [2.24, 2.45) is 0 Å². The lowest BCUT2D eigenvalue weighted by Gasteiger charge is -2.36. The third-order valence-electron chi connectivity index (χ3n) is 5.94. The molecular weight excluding hydrogens is 437 g/mol. The van der Waals surface area contributed by atoms with Crippen LogP contribution in [0.4, 0.5) is 10.1 Å². The van der Waals surface area contributed by atoms with E-state index in [0.29, 0.717) is 24.3 Å². The minimum absolute atomic E-state index is 0.0297. The molecule has 0 N–H and O–H groups in total. The number of methoxy groups -OCH3 is 1. The Kier molecular flexibility index (Phi) is 5.99.